The zero-order chi connectivity index (χ0) is 15.5. The highest BCUT2D eigenvalue weighted by atomic mass is 19.4. The minimum atomic E-state index is -4.63. The molecule has 20 heavy (non-hydrogen) atoms. The first-order valence-corrected chi connectivity index (χ1v) is 5.85. The number of benzene rings is 1. The van der Waals surface area contributed by atoms with E-state index in [9.17, 15) is 22.8 Å². The first kappa shape index (κ1) is 16.0. The van der Waals surface area contributed by atoms with Crippen LogP contribution in [0.3, 0.4) is 0 Å². The third-order valence-corrected chi connectivity index (χ3v) is 2.45. The molecule has 2 N–H and O–H groups in total. The predicted molar refractivity (Wildman–Crippen MR) is 66.5 cm³/mol. The molecule has 0 fully saturated rings. The van der Waals surface area contributed by atoms with E-state index < -0.39 is 29.2 Å². The Morgan fingerprint density at radius 2 is 1.90 bits per heavy atom. The smallest absolute Gasteiger partial charge is 0.416 e. The van der Waals surface area contributed by atoms with Crippen molar-refractivity contribution in [2.45, 2.75) is 26.4 Å². The van der Waals surface area contributed by atoms with Crippen LogP contribution in [0.5, 0.6) is 0 Å². The monoisotopic (exact) mass is 289 g/mol. The van der Waals surface area contributed by atoms with Gasteiger partial charge in [0.1, 0.15) is 0 Å². The van der Waals surface area contributed by atoms with Gasteiger partial charge < -0.3 is 10.4 Å². The summed E-state index contributed by atoms with van der Waals surface area (Å²) in [6.45, 7) is 3.59. The summed E-state index contributed by atoms with van der Waals surface area (Å²) in [4.78, 5) is 22.5. The molecule has 0 saturated carbocycles. The molecule has 1 aromatic carbocycles. The number of halogens is 3. The number of anilines is 1. The summed E-state index contributed by atoms with van der Waals surface area (Å²) >= 11 is 0. The summed E-state index contributed by atoms with van der Waals surface area (Å²) in [6.07, 6.45) is -4.48. The molecule has 0 atom stereocenters. The second-order valence-electron chi connectivity index (χ2n) is 4.71. The van der Waals surface area contributed by atoms with Crippen LogP contribution in [0.25, 0.3) is 0 Å². The molecule has 0 saturated heterocycles. The van der Waals surface area contributed by atoms with Crippen molar-refractivity contribution in [2.75, 3.05) is 5.32 Å². The Labute approximate surface area is 113 Å². The van der Waals surface area contributed by atoms with Crippen LogP contribution in [0.4, 0.5) is 18.9 Å². The zero-order valence-corrected chi connectivity index (χ0v) is 10.9. The quantitative estimate of drug-likeness (QED) is 0.892. The Kier molecular flexibility index (Phi) is 4.75. The van der Waals surface area contributed by atoms with Crippen LogP contribution in [0.15, 0.2) is 18.2 Å². The maximum Gasteiger partial charge on any atom is 0.416 e. The van der Waals surface area contributed by atoms with E-state index in [4.69, 9.17) is 5.11 Å². The average Bonchev–Trinajstić information content (AvgIpc) is 2.26. The lowest BCUT2D eigenvalue weighted by molar-refractivity contribution is -0.137. The molecular weight excluding hydrogens is 275 g/mol. The SMILES string of the molecule is CC(C)CC(=O)Nc1ccc(C(F)(F)F)cc1C(=O)O. The molecule has 0 heterocycles. The summed E-state index contributed by atoms with van der Waals surface area (Å²) in [5.41, 5.74) is -1.80. The van der Waals surface area contributed by atoms with Gasteiger partial charge in [-0.25, -0.2) is 4.79 Å². The molecule has 1 amide bonds. The van der Waals surface area contributed by atoms with Crippen molar-refractivity contribution in [2.24, 2.45) is 5.92 Å². The lowest BCUT2D eigenvalue weighted by Crippen LogP contribution is -2.17. The number of carboxylic acids is 1. The number of nitrogens with one attached hydrogen (secondary N) is 1. The van der Waals surface area contributed by atoms with Crippen molar-refractivity contribution in [3.05, 3.63) is 29.3 Å². The molecule has 0 radical (unpaired) electrons. The third kappa shape index (κ3) is 4.25. The van der Waals surface area contributed by atoms with Crippen molar-refractivity contribution in [3.63, 3.8) is 0 Å². The Morgan fingerprint density at radius 1 is 1.30 bits per heavy atom. The van der Waals surface area contributed by atoms with Gasteiger partial charge in [-0.05, 0) is 24.1 Å². The number of hydrogen-bond acceptors (Lipinski definition) is 2. The highest BCUT2D eigenvalue weighted by Gasteiger charge is 2.32. The highest BCUT2D eigenvalue weighted by molar-refractivity contribution is 6.00. The maximum atomic E-state index is 12.5. The lowest BCUT2D eigenvalue weighted by atomic mass is 10.1. The van der Waals surface area contributed by atoms with Crippen LogP contribution in [0.2, 0.25) is 0 Å². The molecule has 4 nitrogen and oxygen atoms in total. The Bertz CT molecular complexity index is 524. The van der Waals surface area contributed by atoms with Gasteiger partial charge in [-0.3, -0.25) is 4.79 Å². The van der Waals surface area contributed by atoms with E-state index in [1.54, 1.807) is 13.8 Å². The van der Waals surface area contributed by atoms with Gasteiger partial charge in [0.15, 0.2) is 0 Å². The molecule has 0 aromatic heterocycles. The summed E-state index contributed by atoms with van der Waals surface area (Å²) in [5, 5.41) is 11.2. The topological polar surface area (TPSA) is 66.4 Å². The summed E-state index contributed by atoms with van der Waals surface area (Å²) in [5.74, 6) is -1.92. The van der Waals surface area contributed by atoms with Crippen LogP contribution in [0.1, 0.15) is 36.2 Å². The minimum absolute atomic E-state index is 0.0535. The number of carboxylic acid groups (broad SMARTS) is 1. The van der Waals surface area contributed by atoms with E-state index in [1.165, 1.54) is 0 Å². The molecule has 0 unspecified atom stereocenters. The fourth-order valence-electron chi connectivity index (χ4n) is 1.58. The average molecular weight is 289 g/mol. The Balaban J connectivity index is 3.08. The van der Waals surface area contributed by atoms with E-state index in [1.807, 2.05) is 0 Å². The second-order valence-corrected chi connectivity index (χ2v) is 4.71. The summed E-state index contributed by atoms with van der Waals surface area (Å²) < 4.78 is 37.6. The van der Waals surface area contributed by atoms with Crippen LogP contribution >= 0.6 is 0 Å². The molecule has 110 valence electrons. The number of alkyl halides is 3. The highest BCUT2D eigenvalue weighted by Crippen LogP contribution is 2.32. The van der Waals surface area contributed by atoms with E-state index in [0.29, 0.717) is 6.07 Å². The van der Waals surface area contributed by atoms with Gasteiger partial charge in [0.2, 0.25) is 5.91 Å². The fraction of sp³-hybridized carbons (Fsp3) is 0.385. The van der Waals surface area contributed by atoms with Gasteiger partial charge in [0.05, 0.1) is 16.8 Å². The first-order chi connectivity index (χ1) is 9.11. The second kappa shape index (κ2) is 5.94. The van der Waals surface area contributed by atoms with Gasteiger partial charge in [-0.15, -0.1) is 0 Å². The number of hydrogen-bond donors (Lipinski definition) is 2. The predicted octanol–water partition coefficient (Wildman–Crippen LogP) is 3.39. The molecule has 1 aromatic rings. The molecule has 0 spiro atoms. The van der Waals surface area contributed by atoms with E-state index in [0.717, 1.165) is 12.1 Å². The number of carbonyl (C=O) groups is 2. The number of amides is 1. The zero-order valence-electron chi connectivity index (χ0n) is 10.9. The van der Waals surface area contributed by atoms with Crippen molar-refractivity contribution in [3.8, 4) is 0 Å². The first-order valence-electron chi connectivity index (χ1n) is 5.85. The Morgan fingerprint density at radius 3 is 2.35 bits per heavy atom. The van der Waals surface area contributed by atoms with Crippen molar-refractivity contribution < 1.29 is 27.9 Å². The number of aromatic carboxylic acids is 1. The maximum absolute atomic E-state index is 12.5. The standard InChI is InChI=1S/C13H14F3NO3/c1-7(2)5-11(18)17-10-4-3-8(13(14,15)16)6-9(10)12(19)20/h3-4,6-7H,5H2,1-2H3,(H,17,18)(H,19,20). The van der Waals surface area contributed by atoms with Gasteiger partial charge in [0.25, 0.3) is 0 Å². The molecule has 0 aliphatic carbocycles. The third-order valence-electron chi connectivity index (χ3n) is 2.45. The molecule has 1 rings (SSSR count). The number of carbonyl (C=O) groups excluding carboxylic acids is 1. The van der Waals surface area contributed by atoms with Crippen molar-refractivity contribution >= 4 is 17.6 Å². The van der Waals surface area contributed by atoms with Crippen LogP contribution in [-0.2, 0) is 11.0 Å². The van der Waals surface area contributed by atoms with Crippen LogP contribution in [-0.4, -0.2) is 17.0 Å². The van der Waals surface area contributed by atoms with E-state index in [2.05, 4.69) is 5.32 Å². The van der Waals surface area contributed by atoms with Gasteiger partial charge in [0, 0.05) is 6.42 Å². The molecule has 0 bridgehead atoms. The minimum Gasteiger partial charge on any atom is -0.478 e. The lowest BCUT2D eigenvalue weighted by Gasteiger charge is -2.12. The van der Waals surface area contributed by atoms with Gasteiger partial charge >= 0.3 is 12.1 Å². The largest absolute Gasteiger partial charge is 0.478 e. The molecule has 0 aliphatic heterocycles. The molecule has 0 aliphatic rings. The normalized spacial score (nSPS) is 11.5. The summed E-state index contributed by atoms with van der Waals surface area (Å²) in [6, 6.07) is 2.19. The molecule has 7 heteroatoms. The van der Waals surface area contributed by atoms with Crippen molar-refractivity contribution in [1.82, 2.24) is 0 Å². The van der Waals surface area contributed by atoms with Gasteiger partial charge in [-0.1, -0.05) is 13.8 Å². The van der Waals surface area contributed by atoms with E-state index >= 15 is 0 Å². The molecular formula is C13H14F3NO3. The van der Waals surface area contributed by atoms with Gasteiger partial charge in [-0.2, -0.15) is 13.2 Å². The fourth-order valence-corrected chi connectivity index (χ4v) is 1.58. The van der Waals surface area contributed by atoms with Crippen LogP contribution < -0.4 is 5.32 Å². The van der Waals surface area contributed by atoms with Crippen molar-refractivity contribution in [1.29, 1.82) is 0 Å². The number of rotatable bonds is 4. The van der Waals surface area contributed by atoms with E-state index in [-0.39, 0.29) is 18.0 Å². The van der Waals surface area contributed by atoms with Crippen LogP contribution in [0, 0.1) is 5.92 Å². The summed E-state index contributed by atoms with van der Waals surface area (Å²) in [7, 11) is 0. The Hall–Kier alpha value is -2.05.